The number of rotatable bonds is 10. The molecule has 0 atom stereocenters. The molecule has 0 aliphatic carbocycles. The van der Waals surface area contributed by atoms with E-state index in [-0.39, 0.29) is 0 Å². The van der Waals surface area contributed by atoms with Crippen LogP contribution < -0.4 is 15.4 Å². The fourth-order valence-electron chi connectivity index (χ4n) is 1.98. The van der Waals surface area contributed by atoms with Gasteiger partial charge in [-0.2, -0.15) is 0 Å². The van der Waals surface area contributed by atoms with Crippen molar-refractivity contribution in [3.05, 3.63) is 29.8 Å². The first-order valence-electron chi connectivity index (χ1n) is 8.40. The van der Waals surface area contributed by atoms with Gasteiger partial charge in [0.2, 0.25) is 0 Å². The number of guanidine groups is 1. The first-order valence-corrected chi connectivity index (χ1v) is 8.40. The van der Waals surface area contributed by atoms with E-state index in [1.54, 1.807) is 7.05 Å². The van der Waals surface area contributed by atoms with Gasteiger partial charge in [-0.15, -0.1) is 0 Å². The van der Waals surface area contributed by atoms with Gasteiger partial charge in [0, 0.05) is 32.3 Å². The van der Waals surface area contributed by atoms with E-state index in [4.69, 9.17) is 9.47 Å². The molecule has 0 radical (unpaired) electrons. The number of benzene rings is 1. The van der Waals surface area contributed by atoms with Gasteiger partial charge in [-0.1, -0.05) is 32.0 Å². The van der Waals surface area contributed by atoms with E-state index < -0.39 is 0 Å². The third-order valence-corrected chi connectivity index (χ3v) is 3.34. The Bertz CT molecular complexity index is 461. The molecular formula is C18H31N3O2. The summed E-state index contributed by atoms with van der Waals surface area (Å²) in [7, 11) is 1.76. The largest absolute Gasteiger partial charge is 0.493 e. The molecule has 130 valence electrons. The van der Waals surface area contributed by atoms with Gasteiger partial charge in [0.15, 0.2) is 5.96 Å². The zero-order valence-corrected chi connectivity index (χ0v) is 14.9. The van der Waals surface area contributed by atoms with Gasteiger partial charge in [-0.3, -0.25) is 4.99 Å². The third-order valence-electron chi connectivity index (χ3n) is 3.34. The molecule has 0 amide bonds. The second-order valence-corrected chi connectivity index (χ2v) is 5.69. The highest BCUT2D eigenvalue weighted by Crippen LogP contribution is 2.18. The van der Waals surface area contributed by atoms with Crippen molar-refractivity contribution in [2.45, 2.75) is 33.7 Å². The number of hydrogen-bond acceptors (Lipinski definition) is 3. The lowest BCUT2D eigenvalue weighted by Crippen LogP contribution is -2.38. The first kappa shape index (κ1) is 19.3. The van der Waals surface area contributed by atoms with Crippen molar-refractivity contribution in [2.24, 2.45) is 10.9 Å². The van der Waals surface area contributed by atoms with Crippen molar-refractivity contribution < 1.29 is 9.47 Å². The number of hydrogen-bond donors (Lipinski definition) is 2. The highest BCUT2D eigenvalue weighted by Gasteiger charge is 2.05. The van der Waals surface area contributed by atoms with Crippen molar-refractivity contribution in [1.29, 1.82) is 0 Å². The maximum absolute atomic E-state index is 5.91. The molecule has 0 saturated heterocycles. The van der Waals surface area contributed by atoms with Crippen molar-refractivity contribution in [3.63, 3.8) is 0 Å². The summed E-state index contributed by atoms with van der Waals surface area (Å²) in [6.45, 7) is 9.95. The van der Waals surface area contributed by atoms with E-state index in [2.05, 4.69) is 35.5 Å². The molecule has 0 aliphatic heterocycles. The normalized spacial score (nSPS) is 11.6. The highest BCUT2D eigenvalue weighted by molar-refractivity contribution is 5.79. The second-order valence-electron chi connectivity index (χ2n) is 5.69. The van der Waals surface area contributed by atoms with Gasteiger partial charge < -0.3 is 20.1 Å². The lowest BCUT2D eigenvalue weighted by Gasteiger charge is -2.15. The molecule has 0 aliphatic rings. The summed E-state index contributed by atoms with van der Waals surface area (Å²) in [6, 6.07) is 8.12. The Morgan fingerprint density at radius 1 is 1.17 bits per heavy atom. The van der Waals surface area contributed by atoms with E-state index in [1.807, 2.05) is 25.1 Å². The van der Waals surface area contributed by atoms with Gasteiger partial charge in [-0.05, 0) is 25.3 Å². The molecule has 0 unspecified atom stereocenters. The van der Waals surface area contributed by atoms with E-state index >= 15 is 0 Å². The minimum absolute atomic E-state index is 0.647. The standard InChI is InChI=1S/C18H31N3O2/c1-5-22-13-11-20-18(19-4)21-14-16-8-6-7-9-17(16)23-12-10-15(2)3/h6-9,15H,5,10-14H2,1-4H3,(H2,19,20,21). The molecular weight excluding hydrogens is 290 g/mol. The molecule has 5 heteroatoms. The molecule has 0 aromatic heterocycles. The highest BCUT2D eigenvalue weighted by atomic mass is 16.5. The monoisotopic (exact) mass is 321 g/mol. The Hall–Kier alpha value is -1.75. The number of ether oxygens (including phenoxy) is 2. The van der Waals surface area contributed by atoms with Crippen LogP contribution in [0.1, 0.15) is 32.8 Å². The average Bonchev–Trinajstić information content (AvgIpc) is 2.55. The van der Waals surface area contributed by atoms with E-state index in [1.165, 1.54) is 0 Å². The van der Waals surface area contributed by atoms with Gasteiger partial charge in [0.25, 0.3) is 0 Å². The Kier molecular flexibility index (Phi) is 9.87. The van der Waals surface area contributed by atoms with Crippen molar-refractivity contribution in [2.75, 3.05) is 33.4 Å². The molecule has 0 saturated carbocycles. The Labute approximate surface area is 140 Å². The van der Waals surface area contributed by atoms with Gasteiger partial charge in [-0.25, -0.2) is 0 Å². The third kappa shape index (κ3) is 8.45. The predicted molar refractivity (Wildman–Crippen MR) is 96.1 cm³/mol. The topological polar surface area (TPSA) is 54.9 Å². The summed E-state index contributed by atoms with van der Waals surface area (Å²) in [6.07, 6.45) is 1.06. The van der Waals surface area contributed by atoms with Crippen LogP contribution in [-0.4, -0.2) is 39.4 Å². The maximum Gasteiger partial charge on any atom is 0.191 e. The maximum atomic E-state index is 5.91. The van der Waals surface area contributed by atoms with Crippen molar-refractivity contribution in [1.82, 2.24) is 10.6 Å². The first-order chi connectivity index (χ1) is 11.2. The fraction of sp³-hybridized carbons (Fsp3) is 0.611. The van der Waals surface area contributed by atoms with Crippen LogP contribution in [0.25, 0.3) is 0 Å². The Morgan fingerprint density at radius 3 is 2.65 bits per heavy atom. The zero-order chi connectivity index (χ0) is 16.9. The summed E-state index contributed by atoms with van der Waals surface area (Å²) in [5.41, 5.74) is 1.13. The lowest BCUT2D eigenvalue weighted by atomic mass is 10.1. The molecule has 1 aromatic carbocycles. The van der Waals surface area contributed by atoms with Crippen molar-refractivity contribution >= 4 is 5.96 Å². The molecule has 1 aromatic rings. The summed E-state index contributed by atoms with van der Waals surface area (Å²) < 4.78 is 11.2. The molecule has 5 nitrogen and oxygen atoms in total. The number of nitrogens with one attached hydrogen (secondary N) is 2. The number of aliphatic imine (C=N–C) groups is 1. The fourth-order valence-corrected chi connectivity index (χ4v) is 1.98. The SMILES string of the molecule is CCOCCNC(=NC)NCc1ccccc1OCCC(C)C. The Morgan fingerprint density at radius 2 is 1.96 bits per heavy atom. The zero-order valence-electron chi connectivity index (χ0n) is 14.9. The van der Waals surface area contributed by atoms with E-state index in [9.17, 15) is 0 Å². The minimum Gasteiger partial charge on any atom is -0.493 e. The number of para-hydroxylation sites is 1. The van der Waals surface area contributed by atoms with Crippen LogP contribution in [0.4, 0.5) is 0 Å². The van der Waals surface area contributed by atoms with Gasteiger partial charge in [0.1, 0.15) is 5.75 Å². The quantitative estimate of drug-likeness (QED) is 0.395. The van der Waals surface area contributed by atoms with Crippen LogP contribution in [0.15, 0.2) is 29.3 Å². The summed E-state index contributed by atoms with van der Waals surface area (Å²) >= 11 is 0. The van der Waals surface area contributed by atoms with Crippen molar-refractivity contribution in [3.8, 4) is 5.75 Å². The Balaban J connectivity index is 2.46. The molecule has 0 bridgehead atoms. The molecule has 0 spiro atoms. The smallest absolute Gasteiger partial charge is 0.191 e. The van der Waals surface area contributed by atoms with Crippen LogP contribution in [0.3, 0.4) is 0 Å². The summed E-state index contributed by atoms with van der Waals surface area (Å²) in [5.74, 6) is 2.35. The van der Waals surface area contributed by atoms with Crippen LogP contribution in [0.5, 0.6) is 5.75 Å². The van der Waals surface area contributed by atoms with Gasteiger partial charge in [0.05, 0.1) is 13.2 Å². The molecule has 0 heterocycles. The second kappa shape index (κ2) is 11.8. The molecule has 2 N–H and O–H groups in total. The summed E-state index contributed by atoms with van der Waals surface area (Å²) in [4.78, 5) is 4.21. The molecule has 0 fully saturated rings. The number of nitrogens with zero attached hydrogens (tertiary/aromatic N) is 1. The lowest BCUT2D eigenvalue weighted by molar-refractivity contribution is 0.152. The molecule has 1 rings (SSSR count). The van der Waals surface area contributed by atoms with E-state index in [0.717, 1.165) is 43.5 Å². The van der Waals surface area contributed by atoms with Crippen LogP contribution in [0, 0.1) is 5.92 Å². The van der Waals surface area contributed by atoms with Crippen LogP contribution >= 0.6 is 0 Å². The predicted octanol–water partition coefficient (Wildman–Crippen LogP) is 2.81. The van der Waals surface area contributed by atoms with E-state index in [0.29, 0.717) is 19.1 Å². The average molecular weight is 321 g/mol. The van der Waals surface area contributed by atoms with Gasteiger partial charge >= 0.3 is 0 Å². The summed E-state index contributed by atoms with van der Waals surface area (Å²) in [5, 5.41) is 6.53. The minimum atomic E-state index is 0.647. The van der Waals surface area contributed by atoms with Crippen LogP contribution in [0.2, 0.25) is 0 Å². The van der Waals surface area contributed by atoms with Crippen LogP contribution in [-0.2, 0) is 11.3 Å². The molecule has 23 heavy (non-hydrogen) atoms.